The second kappa shape index (κ2) is 7.89. The van der Waals surface area contributed by atoms with Crippen LogP contribution in [-0.2, 0) is 16.4 Å². The molecule has 0 aliphatic carbocycles. The van der Waals surface area contributed by atoms with Crippen molar-refractivity contribution in [2.45, 2.75) is 23.3 Å². The summed E-state index contributed by atoms with van der Waals surface area (Å²) in [6, 6.07) is 12.9. The lowest BCUT2D eigenvalue weighted by Crippen LogP contribution is -2.22. The van der Waals surface area contributed by atoms with E-state index in [-0.39, 0.29) is 27.3 Å². The SMILES string of the molecule is Cc1ccc(S(=O)(=O)c2ccc(CNC(=O)c3cnc4[nH]ncc4c3)cc2)c(Cl)c1. The average molecular weight is 441 g/mol. The minimum atomic E-state index is -3.73. The normalized spacial score (nSPS) is 11.5. The van der Waals surface area contributed by atoms with Gasteiger partial charge >= 0.3 is 0 Å². The largest absolute Gasteiger partial charge is 0.348 e. The zero-order valence-corrected chi connectivity index (χ0v) is 17.5. The third-order valence-corrected chi connectivity index (χ3v) is 6.87. The van der Waals surface area contributed by atoms with Gasteiger partial charge in [-0.25, -0.2) is 13.4 Å². The van der Waals surface area contributed by atoms with Gasteiger partial charge in [0.1, 0.15) is 0 Å². The van der Waals surface area contributed by atoms with Crippen molar-refractivity contribution in [1.29, 1.82) is 0 Å². The van der Waals surface area contributed by atoms with Gasteiger partial charge in [0, 0.05) is 18.1 Å². The molecule has 4 rings (SSSR count). The molecule has 0 unspecified atom stereocenters. The number of sulfone groups is 1. The summed E-state index contributed by atoms with van der Waals surface area (Å²) >= 11 is 6.13. The minimum absolute atomic E-state index is 0.0676. The molecule has 2 heterocycles. The number of H-pyrrole nitrogens is 1. The number of carbonyl (C=O) groups is 1. The lowest BCUT2D eigenvalue weighted by Gasteiger charge is -2.09. The van der Waals surface area contributed by atoms with E-state index in [1.165, 1.54) is 24.4 Å². The third-order valence-electron chi connectivity index (χ3n) is 4.62. The lowest BCUT2D eigenvalue weighted by molar-refractivity contribution is 0.0950. The fraction of sp³-hybridized carbons (Fsp3) is 0.0952. The van der Waals surface area contributed by atoms with Crippen LogP contribution in [0.3, 0.4) is 0 Å². The summed E-state index contributed by atoms with van der Waals surface area (Å²) in [4.78, 5) is 16.7. The Labute approximate surface area is 178 Å². The number of carbonyl (C=O) groups excluding carboxylic acids is 1. The van der Waals surface area contributed by atoms with Crippen LogP contribution in [0.5, 0.6) is 0 Å². The summed E-state index contributed by atoms with van der Waals surface area (Å²) in [6.07, 6.45) is 3.06. The average Bonchev–Trinajstić information content (AvgIpc) is 3.20. The Morgan fingerprint density at radius 1 is 1.10 bits per heavy atom. The second-order valence-electron chi connectivity index (χ2n) is 6.80. The van der Waals surface area contributed by atoms with E-state index in [1.54, 1.807) is 36.5 Å². The lowest BCUT2D eigenvalue weighted by atomic mass is 10.2. The van der Waals surface area contributed by atoms with Crippen LogP contribution in [0.2, 0.25) is 5.02 Å². The van der Waals surface area contributed by atoms with Crippen molar-refractivity contribution in [2.24, 2.45) is 0 Å². The number of rotatable bonds is 5. The molecule has 4 aromatic rings. The molecular weight excluding hydrogens is 424 g/mol. The summed E-state index contributed by atoms with van der Waals surface area (Å²) < 4.78 is 25.7. The zero-order chi connectivity index (χ0) is 21.3. The molecule has 0 atom stereocenters. The molecule has 0 aliphatic rings. The highest BCUT2D eigenvalue weighted by Gasteiger charge is 2.20. The van der Waals surface area contributed by atoms with E-state index in [2.05, 4.69) is 20.5 Å². The molecule has 0 bridgehead atoms. The molecule has 7 nitrogen and oxygen atoms in total. The Balaban J connectivity index is 1.47. The predicted molar refractivity (Wildman–Crippen MR) is 113 cm³/mol. The van der Waals surface area contributed by atoms with Crippen LogP contribution in [0, 0.1) is 6.92 Å². The van der Waals surface area contributed by atoms with Crippen molar-refractivity contribution in [3.8, 4) is 0 Å². The molecule has 2 aromatic carbocycles. The molecule has 0 spiro atoms. The molecule has 1 amide bonds. The maximum atomic E-state index is 12.8. The van der Waals surface area contributed by atoms with E-state index < -0.39 is 9.84 Å². The van der Waals surface area contributed by atoms with Crippen LogP contribution < -0.4 is 5.32 Å². The van der Waals surface area contributed by atoms with Crippen LogP contribution >= 0.6 is 11.6 Å². The molecule has 152 valence electrons. The molecule has 30 heavy (non-hydrogen) atoms. The van der Waals surface area contributed by atoms with Gasteiger partial charge in [-0.2, -0.15) is 5.10 Å². The predicted octanol–water partition coefficient (Wildman–Crippen LogP) is 3.68. The zero-order valence-electron chi connectivity index (χ0n) is 15.9. The minimum Gasteiger partial charge on any atom is -0.348 e. The number of amides is 1. The number of aromatic amines is 1. The standard InChI is InChI=1S/C21H17ClN4O3S/c1-13-2-7-19(18(22)8-13)30(28,29)17-5-3-14(4-6-17)10-24-21(27)16-9-15-12-25-26-20(15)23-11-16/h2-9,11-12H,10H2,1H3,(H,24,27)(H,23,25,26). The van der Waals surface area contributed by atoms with Gasteiger partial charge in [-0.1, -0.05) is 29.8 Å². The molecule has 9 heteroatoms. The van der Waals surface area contributed by atoms with Crippen LogP contribution in [-0.4, -0.2) is 29.5 Å². The Bertz CT molecular complexity index is 1350. The van der Waals surface area contributed by atoms with Gasteiger partial charge in [0.15, 0.2) is 5.65 Å². The van der Waals surface area contributed by atoms with Crippen LogP contribution in [0.25, 0.3) is 11.0 Å². The summed E-state index contributed by atoms with van der Waals surface area (Å²) in [5.41, 5.74) is 2.66. The van der Waals surface area contributed by atoms with Crippen molar-refractivity contribution < 1.29 is 13.2 Å². The maximum absolute atomic E-state index is 12.8. The number of aromatic nitrogens is 3. The first-order valence-corrected chi connectivity index (χ1v) is 10.9. The van der Waals surface area contributed by atoms with E-state index >= 15 is 0 Å². The van der Waals surface area contributed by atoms with Crippen molar-refractivity contribution in [3.05, 3.63) is 82.6 Å². The van der Waals surface area contributed by atoms with E-state index in [1.807, 2.05) is 6.92 Å². The Hall–Kier alpha value is -3.23. The Kier molecular flexibility index (Phi) is 5.27. The molecule has 0 saturated heterocycles. The number of hydrogen-bond donors (Lipinski definition) is 2. The van der Waals surface area contributed by atoms with Crippen LogP contribution in [0.15, 0.2) is 70.7 Å². The molecule has 0 fully saturated rings. The number of aryl methyl sites for hydroxylation is 1. The number of halogens is 1. The van der Waals surface area contributed by atoms with Crippen molar-refractivity contribution in [2.75, 3.05) is 0 Å². The van der Waals surface area contributed by atoms with E-state index in [9.17, 15) is 13.2 Å². The summed E-state index contributed by atoms with van der Waals surface area (Å²) in [5, 5.41) is 10.3. The highest BCUT2D eigenvalue weighted by atomic mass is 35.5. The molecular formula is C21H17ClN4O3S. The van der Waals surface area contributed by atoms with Crippen LogP contribution in [0.4, 0.5) is 0 Å². The van der Waals surface area contributed by atoms with Gasteiger partial charge in [-0.15, -0.1) is 0 Å². The monoisotopic (exact) mass is 440 g/mol. The number of pyridine rings is 1. The molecule has 0 radical (unpaired) electrons. The van der Waals surface area contributed by atoms with E-state index in [0.29, 0.717) is 11.2 Å². The molecule has 0 saturated carbocycles. The van der Waals surface area contributed by atoms with Gasteiger partial charge < -0.3 is 5.32 Å². The number of nitrogens with one attached hydrogen (secondary N) is 2. The molecule has 2 N–H and O–H groups in total. The smallest absolute Gasteiger partial charge is 0.253 e. The summed E-state index contributed by atoms with van der Waals surface area (Å²) in [6.45, 7) is 2.09. The fourth-order valence-electron chi connectivity index (χ4n) is 2.98. The first-order valence-electron chi connectivity index (χ1n) is 9.02. The van der Waals surface area contributed by atoms with E-state index in [4.69, 9.17) is 11.6 Å². The van der Waals surface area contributed by atoms with Gasteiger partial charge in [0.05, 0.1) is 26.6 Å². The maximum Gasteiger partial charge on any atom is 0.253 e. The van der Waals surface area contributed by atoms with Gasteiger partial charge in [0.2, 0.25) is 9.84 Å². The molecule has 2 aromatic heterocycles. The first-order chi connectivity index (χ1) is 14.3. The van der Waals surface area contributed by atoms with Crippen LogP contribution in [0.1, 0.15) is 21.5 Å². The first kappa shape index (κ1) is 20.1. The van der Waals surface area contributed by atoms with Gasteiger partial charge in [-0.3, -0.25) is 9.89 Å². The number of benzene rings is 2. The summed E-state index contributed by atoms with van der Waals surface area (Å²) in [5.74, 6) is -0.284. The topological polar surface area (TPSA) is 105 Å². The highest BCUT2D eigenvalue weighted by Crippen LogP contribution is 2.28. The van der Waals surface area contributed by atoms with Crippen molar-refractivity contribution >= 4 is 38.4 Å². The number of fused-ring (bicyclic) bond motifs is 1. The highest BCUT2D eigenvalue weighted by molar-refractivity contribution is 7.91. The number of hydrogen-bond acceptors (Lipinski definition) is 5. The Morgan fingerprint density at radius 2 is 1.87 bits per heavy atom. The quantitative estimate of drug-likeness (QED) is 0.492. The summed E-state index contributed by atoms with van der Waals surface area (Å²) in [7, 11) is -3.73. The van der Waals surface area contributed by atoms with Crippen molar-refractivity contribution in [1.82, 2.24) is 20.5 Å². The van der Waals surface area contributed by atoms with Gasteiger partial charge in [-0.05, 0) is 48.4 Å². The molecule has 0 aliphatic heterocycles. The fourth-order valence-corrected chi connectivity index (χ4v) is 4.83. The van der Waals surface area contributed by atoms with E-state index in [0.717, 1.165) is 16.5 Å². The van der Waals surface area contributed by atoms with Crippen molar-refractivity contribution in [3.63, 3.8) is 0 Å². The van der Waals surface area contributed by atoms with Gasteiger partial charge in [0.25, 0.3) is 5.91 Å². The third kappa shape index (κ3) is 3.92. The second-order valence-corrected chi connectivity index (χ2v) is 9.12. The Morgan fingerprint density at radius 3 is 2.60 bits per heavy atom. The number of nitrogens with zero attached hydrogens (tertiary/aromatic N) is 2.